The number of carbonyl (C=O) groups is 1. The van der Waals surface area contributed by atoms with Crippen molar-refractivity contribution in [2.45, 2.75) is 19.9 Å². The van der Waals surface area contributed by atoms with Crippen LogP contribution in [0.25, 0.3) is 0 Å². The Labute approximate surface area is 131 Å². The lowest BCUT2D eigenvalue weighted by atomic mass is 10.1. The number of nitrogens with two attached hydrogens (primary N) is 1. The van der Waals surface area contributed by atoms with Crippen LogP contribution in [0.1, 0.15) is 24.1 Å². The number of methoxy groups -OCH3 is 1. The van der Waals surface area contributed by atoms with E-state index in [1.165, 1.54) is 0 Å². The van der Waals surface area contributed by atoms with Gasteiger partial charge in [-0.25, -0.2) is 0 Å². The molecule has 1 atom stereocenters. The molecular formula is C18H23N2O2+. The average molecular weight is 299 g/mol. The number of quaternary nitrogens is 1. The molecule has 116 valence electrons. The molecule has 4 nitrogen and oxygen atoms in total. The standard InChI is InChI=1S/C18H22N2O2/c1-13-7-6-8-15(11-13)20-18(21)12-19-14(2)16-9-4-5-10-17(16)22-3/h4-11,14,19H,12H2,1-3H3,(H,20,21)/p+1/t14-/m1/s1. The van der Waals surface area contributed by atoms with Gasteiger partial charge in [0.05, 0.1) is 12.7 Å². The van der Waals surface area contributed by atoms with E-state index in [0.29, 0.717) is 6.54 Å². The maximum absolute atomic E-state index is 12.0. The van der Waals surface area contributed by atoms with Gasteiger partial charge in [0, 0.05) is 5.69 Å². The van der Waals surface area contributed by atoms with Crippen LogP contribution in [0.2, 0.25) is 0 Å². The molecule has 0 aliphatic heterocycles. The Morgan fingerprint density at radius 3 is 2.73 bits per heavy atom. The lowest BCUT2D eigenvalue weighted by Crippen LogP contribution is -2.86. The molecule has 2 rings (SSSR count). The maximum atomic E-state index is 12.0. The number of ether oxygens (including phenoxy) is 1. The summed E-state index contributed by atoms with van der Waals surface area (Å²) in [7, 11) is 1.66. The van der Waals surface area contributed by atoms with Gasteiger partial charge >= 0.3 is 0 Å². The maximum Gasteiger partial charge on any atom is 0.279 e. The molecule has 0 aromatic heterocycles. The van der Waals surface area contributed by atoms with E-state index >= 15 is 0 Å². The number of para-hydroxylation sites is 1. The molecule has 3 N–H and O–H groups in total. The first-order valence-electron chi connectivity index (χ1n) is 7.43. The summed E-state index contributed by atoms with van der Waals surface area (Å²) in [6.45, 7) is 4.44. The highest BCUT2D eigenvalue weighted by molar-refractivity contribution is 5.91. The molecule has 0 spiro atoms. The summed E-state index contributed by atoms with van der Waals surface area (Å²) >= 11 is 0. The number of rotatable bonds is 6. The van der Waals surface area contributed by atoms with Crippen LogP contribution in [0.15, 0.2) is 48.5 Å². The molecule has 0 saturated heterocycles. The van der Waals surface area contributed by atoms with Crippen molar-refractivity contribution in [3.05, 3.63) is 59.7 Å². The second-order valence-electron chi connectivity index (χ2n) is 5.39. The molecule has 1 amide bonds. The summed E-state index contributed by atoms with van der Waals surface area (Å²) in [5.41, 5.74) is 3.06. The van der Waals surface area contributed by atoms with Crippen molar-refractivity contribution in [1.82, 2.24) is 0 Å². The van der Waals surface area contributed by atoms with Gasteiger partial charge in [0.1, 0.15) is 11.8 Å². The van der Waals surface area contributed by atoms with Crippen LogP contribution in [0.3, 0.4) is 0 Å². The summed E-state index contributed by atoms with van der Waals surface area (Å²) in [5, 5.41) is 4.92. The zero-order chi connectivity index (χ0) is 15.9. The van der Waals surface area contributed by atoms with Gasteiger partial charge in [0.15, 0.2) is 6.54 Å². The molecule has 4 heteroatoms. The lowest BCUT2D eigenvalue weighted by Gasteiger charge is -2.14. The van der Waals surface area contributed by atoms with Crippen LogP contribution < -0.4 is 15.4 Å². The predicted octanol–water partition coefficient (Wildman–Crippen LogP) is 2.27. The Bertz CT molecular complexity index is 640. The second-order valence-corrected chi connectivity index (χ2v) is 5.39. The fourth-order valence-corrected chi connectivity index (χ4v) is 2.39. The number of hydrogen-bond donors (Lipinski definition) is 2. The Balaban J connectivity index is 1.90. The summed E-state index contributed by atoms with van der Waals surface area (Å²) in [6, 6.07) is 15.8. The van der Waals surface area contributed by atoms with E-state index < -0.39 is 0 Å². The fourth-order valence-electron chi connectivity index (χ4n) is 2.39. The third-order valence-corrected chi connectivity index (χ3v) is 3.59. The third kappa shape index (κ3) is 4.33. The van der Waals surface area contributed by atoms with Gasteiger partial charge in [-0.05, 0) is 43.7 Å². The van der Waals surface area contributed by atoms with Gasteiger partial charge < -0.3 is 15.4 Å². The summed E-state index contributed by atoms with van der Waals surface area (Å²) < 4.78 is 5.36. The molecule has 2 aromatic carbocycles. The number of anilines is 1. The first-order valence-corrected chi connectivity index (χ1v) is 7.43. The first kappa shape index (κ1) is 16.0. The zero-order valence-corrected chi connectivity index (χ0v) is 13.3. The molecule has 0 aliphatic rings. The number of benzene rings is 2. The molecule has 0 heterocycles. The van der Waals surface area contributed by atoms with Gasteiger partial charge in [-0.3, -0.25) is 4.79 Å². The van der Waals surface area contributed by atoms with E-state index in [0.717, 1.165) is 22.6 Å². The largest absolute Gasteiger partial charge is 0.496 e. The van der Waals surface area contributed by atoms with Crippen LogP contribution in [-0.4, -0.2) is 19.6 Å². The molecule has 0 radical (unpaired) electrons. The van der Waals surface area contributed by atoms with Gasteiger partial charge in [-0.2, -0.15) is 0 Å². The van der Waals surface area contributed by atoms with Gasteiger partial charge in [-0.15, -0.1) is 0 Å². The van der Waals surface area contributed by atoms with Crippen LogP contribution in [0.5, 0.6) is 5.75 Å². The smallest absolute Gasteiger partial charge is 0.279 e. The minimum absolute atomic E-state index is 0.00709. The van der Waals surface area contributed by atoms with E-state index in [2.05, 4.69) is 12.2 Å². The molecule has 22 heavy (non-hydrogen) atoms. The van der Waals surface area contributed by atoms with Crippen molar-refractivity contribution in [3.63, 3.8) is 0 Å². The first-order chi connectivity index (χ1) is 10.6. The molecule has 0 aliphatic carbocycles. The topological polar surface area (TPSA) is 54.9 Å². The summed E-state index contributed by atoms with van der Waals surface area (Å²) in [5.74, 6) is 0.845. The van der Waals surface area contributed by atoms with E-state index in [9.17, 15) is 4.79 Å². The molecule has 0 unspecified atom stereocenters. The summed E-state index contributed by atoms with van der Waals surface area (Å²) in [6.07, 6.45) is 0. The molecular weight excluding hydrogens is 276 g/mol. The van der Waals surface area contributed by atoms with E-state index in [-0.39, 0.29) is 11.9 Å². The van der Waals surface area contributed by atoms with Gasteiger partial charge in [0.2, 0.25) is 0 Å². The van der Waals surface area contributed by atoms with Crippen LogP contribution in [0.4, 0.5) is 5.69 Å². The highest BCUT2D eigenvalue weighted by Crippen LogP contribution is 2.21. The summed E-state index contributed by atoms with van der Waals surface area (Å²) in [4.78, 5) is 12.0. The minimum atomic E-state index is -0.00709. The highest BCUT2D eigenvalue weighted by Gasteiger charge is 2.15. The molecule has 0 bridgehead atoms. The van der Waals surface area contributed by atoms with Crippen molar-refractivity contribution in [2.75, 3.05) is 19.0 Å². The van der Waals surface area contributed by atoms with Crippen LogP contribution >= 0.6 is 0 Å². The van der Waals surface area contributed by atoms with Gasteiger partial charge in [0.25, 0.3) is 5.91 Å². The fraction of sp³-hybridized carbons (Fsp3) is 0.278. The monoisotopic (exact) mass is 299 g/mol. The van der Waals surface area contributed by atoms with E-state index in [1.807, 2.05) is 60.8 Å². The normalized spacial score (nSPS) is 11.8. The number of aryl methyl sites for hydroxylation is 1. The van der Waals surface area contributed by atoms with Crippen molar-refractivity contribution in [1.29, 1.82) is 0 Å². The number of carbonyl (C=O) groups excluding carboxylic acids is 1. The minimum Gasteiger partial charge on any atom is -0.496 e. The Morgan fingerprint density at radius 1 is 1.23 bits per heavy atom. The highest BCUT2D eigenvalue weighted by atomic mass is 16.5. The predicted molar refractivity (Wildman–Crippen MR) is 88.0 cm³/mol. The second kappa shape index (κ2) is 7.61. The Morgan fingerprint density at radius 2 is 2.00 bits per heavy atom. The number of nitrogens with one attached hydrogen (secondary N) is 1. The molecule has 2 aromatic rings. The SMILES string of the molecule is COc1ccccc1[C@@H](C)[NH2+]CC(=O)Nc1cccc(C)c1. The van der Waals surface area contributed by atoms with E-state index in [1.54, 1.807) is 7.11 Å². The molecule has 0 fully saturated rings. The third-order valence-electron chi connectivity index (χ3n) is 3.59. The van der Waals surface area contributed by atoms with Crippen molar-refractivity contribution in [3.8, 4) is 5.75 Å². The average Bonchev–Trinajstić information content (AvgIpc) is 2.52. The Hall–Kier alpha value is -2.33. The number of amides is 1. The van der Waals surface area contributed by atoms with Crippen LogP contribution in [-0.2, 0) is 4.79 Å². The number of hydrogen-bond acceptors (Lipinski definition) is 2. The lowest BCUT2D eigenvalue weighted by molar-refractivity contribution is -0.682. The zero-order valence-electron chi connectivity index (χ0n) is 13.3. The van der Waals surface area contributed by atoms with Crippen molar-refractivity contribution >= 4 is 11.6 Å². The van der Waals surface area contributed by atoms with E-state index in [4.69, 9.17) is 4.74 Å². The molecule has 0 saturated carbocycles. The van der Waals surface area contributed by atoms with Crippen molar-refractivity contribution in [2.24, 2.45) is 0 Å². The quantitative estimate of drug-likeness (QED) is 0.859. The Kier molecular flexibility index (Phi) is 5.55. The van der Waals surface area contributed by atoms with Crippen molar-refractivity contribution < 1.29 is 14.8 Å². The van der Waals surface area contributed by atoms with Crippen LogP contribution in [0, 0.1) is 6.92 Å². The van der Waals surface area contributed by atoms with Gasteiger partial charge in [-0.1, -0.05) is 24.3 Å².